The van der Waals surface area contributed by atoms with Gasteiger partial charge in [-0.3, -0.25) is 9.59 Å². The topological polar surface area (TPSA) is 49.9 Å². The zero-order valence-electron chi connectivity index (χ0n) is 28.0. The number of carbonyl (C=O) groups is 2. The van der Waals surface area contributed by atoms with Gasteiger partial charge in [0.1, 0.15) is 11.5 Å². The lowest BCUT2D eigenvalue weighted by molar-refractivity contribution is 0.0893. The van der Waals surface area contributed by atoms with Crippen molar-refractivity contribution < 1.29 is 14.3 Å². The predicted octanol–water partition coefficient (Wildman–Crippen LogP) is 11.3. The zero-order chi connectivity index (χ0) is 32.3. The number of nitrogens with zero attached hydrogens (tertiary/aromatic N) is 2. The Morgan fingerprint density at radius 3 is 1.70 bits per heavy atom. The van der Waals surface area contributed by atoms with Crippen LogP contribution in [0.25, 0.3) is 10.8 Å². The van der Waals surface area contributed by atoms with Gasteiger partial charge in [-0.25, -0.2) is 4.90 Å². The van der Waals surface area contributed by atoms with Gasteiger partial charge in [-0.05, 0) is 74.4 Å². The van der Waals surface area contributed by atoms with Crippen LogP contribution < -0.4 is 14.5 Å². The quantitative estimate of drug-likeness (QED) is 0.0822. The maximum Gasteiger partial charge on any atom is 0.265 e. The maximum atomic E-state index is 14.0. The van der Waals surface area contributed by atoms with E-state index < -0.39 is 0 Å². The Balaban J connectivity index is 1.37. The predicted molar refractivity (Wildman–Crippen MR) is 192 cm³/mol. The number of imide groups is 1. The van der Waals surface area contributed by atoms with Gasteiger partial charge >= 0.3 is 0 Å². The second-order valence-corrected chi connectivity index (χ2v) is 12.7. The van der Waals surface area contributed by atoms with Crippen LogP contribution in [-0.2, 0) is 0 Å². The van der Waals surface area contributed by atoms with Crippen molar-refractivity contribution in [2.24, 2.45) is 0 Å². The molecule has 5 nitrogen and oxygen atoms in total. The number of carbonyl (C=O) groups excluding carboxylic acids is 2. The Kier molecular flexibility index (Phi) is 11.9. The molecule has 0 bridgehead atoms. The third kappa shape index (κ3) is 7.99. The second-order valence-electron chi connectivity index (χ2n) is 12.7. The molecule has 0 spiro atoms. The van der Waals surface area contributed by atoms with Crippen molar-refractivity contribution >= 4 is 34.0 Å². The first kappa shape index (κ1) is 33.2. The average molecular weight is 619 g/mol. The molecule has 1 aliphatic heterocycles. The summed E-state index contributed by atoms with van der Waals surface area (Å²) in [6, 6.07) is 25.0. The molecule has 1 aliphatic rings. The first-order chi connectivity index (χ1) is 22.5. The number of ether oxygens (including phenoxy) is 1. The molecule has 0 aliphatic carbocycles. The first-order valence-corrected chi connectivity index (χ1v) is 17.6. The molecule has 46 heavy (non-hydrogen) atoms. The summed E-state index contributed by atoms with van der Waals surface area (Å²) in [6.45, 7) is 8.53. The van der Waals surface area contributed by atoms with E-state index in [0.717, 1.165) is 53.7 Å². The number of aryl methyl sites for hydroxylation is 1. The molecule has 0 unspecified atom stereocenters. The van der Waals surface area contributed by atoms with Crippen molar-refractivity contribution in [3.63, 3.8) is 0 Å². The highest BCUT2D eigenvalue weighted by Gasteiger charge is 2.34. The highest BCUT2D eigenvalue weighted by molar-refractivity contribution is 6.36. The van der Waals surface area contributed by atoms with Crippen molar-refractivity contribution in [2.45, 2.75) is 97.8 Å². The molecule has 0 saturated heterocycles. The smallest absolute Gasteiger partial charge is 0.265 e. The van der Waals surface area contributed by atoms with Crippen molar-refractivity contribution in [1.82, 2.24) is 0 Å². The van der Waals surface area contributed by atoms with Crippen molar-refractivity contribution in [1.29, 1.82) is 0 Å². The van der Waals surface area contributed by atoms with Crippen LogP contribution in [0.4, 0.5) is 11.4 Å². The molecule has 2 amide bonds. The molecule has 0 N–H and O–H groups in total. The largest absolute Gasteiger partial charge is 0.457 e. The Morgan fingerprint density at radius 1 is 0.587 bits per heavy atom. The van der Waals surface area contributed by atoms with Crippen LogP contribution in [0, 0.1) is 6.92 Å². The van der Waals surface area contributed by atoms with Crippen molar-refractivity contribution in [2.75, 3.05) is 22.9 Å². The summed E-state index contributed by atoms with van der Waals surface area (Å²) in [4.78, 5) is 31.7. The fourth-order valence-electron chi connectivity index (χ4n) is 6.52. The van der Waals surface area contributed by atoms with Gasteiger partial charge < -0.3 is 9.64 Å². The minimum atomic E-state index is -0.286. The molecule has 5 heteroatoms. The fourth-order valence-corrected chi connectivity index (χ4v) is 6.52. The van der Waals surface area contributed by atoms with Gasteiger partial charge in [0.25, 0.3) is 11.8 Å². The van der Waals surface area contributed by atoms with Crippen molar-refractivity contribution in [3.05, 3.63) is 95.6 Å². The number of rotatable bonds is 18. The molecular formula is C41H50N2O3. The Hall–Kier alpha value is -4.12. The molecular weight excluding hydrogens is 568 g/mol. The van der Waals surface area contributed by atoms with Crippen LogP contribution in [0.5, 0.6) is 11.5 Å². The summed E-state index contributed by atoms with van der Waals surface area (Å²) in [7, 11) is 0. The van der Waals surface area contributed by atoms with E-state index in [1.807, 2.05) is 49.4 Å². The van der Waals surface area contributed by atoms with Crippen LogP contribution in [-0.4, -0.2) is 24.9 Å². The minimum Gasteiger partial charge on any atom is -0.457 e. The number of anilines is 2. The van der Waals surface area contributed by atoms with Crippen LogP contribution in [0.3, 0.4) is 0 Å². The summed E-state index contributed by atoms with van der Waals surface area (Å²) in [6.07, 6.45) is 15.1. The van der Waals surface area contributed by atoms with Crippen LogP contribution in [0.1, 0.15) is 117 Å². The van der Waals surface area contributed by atoms with E-state index in [4.69, 9.17) is 4.74 Å². The van der Waals surface area contributed by atoms with Gasteiger partial charge in [-0.2, -0.15) is 0 Å². The standard InChI is InChI=1S/C41H50N2O3/c1-4-6-8-10-12-14-29-42(30-15-13-11-9-7-5-2)38-28-27-37-39-35(38)17-16-18-36(39)40(44)43(41(37)45)32-21-25-34(26-22-32)46-33-23-19-31(3)20-24-33/h16-28H,4-15,29-30H2,1-3H3. The van der Waals surface area contributed by atoms with E-state index >= 15 is 0 Å². The molecule has 0 atom stereocenters. The monoisotopic (exact) mass is 618 g/mol. The summed E-state index contributed by atoms with van der Waals surface area (Å²) >= 11 is 0. The van der Waals surface area contributed by atoms with E-state index in [0.29, 0.717) is 22.6 Å². The lowest BCUT2D eigenvalue weighted by Gasteiger charge is -2.31. The molecule has 0 fully saturated rings. The van der Waals surface area contributed by atoms with E-state index in [1.54, 1.807) is 24.3 Å². The maximum absolute atomic E-state index is 14.0. The SMILES string of the molecule is CCCCCCCCN(CCCCCCCC)c1ccc2c3c(cccc13)C(=O)N(c1ccc(Oc3ccc(C)cc3)cc1)C2=O. The van der Waals surface area contributed by atoms with Gasteiger partial charge in [-0.1, -0.05) is 108 Å². The molecule has 0 aromatic heterocycles. The molecule has 4 aromatic rings. The van der Waals surface area contributed by atoms with Gasteiger partial charge in [0.05, 0.1) is 5.69 Å². The lowest BCUT2D eigenvalue weighted by Crippen LogP contribution is -2.40. The lowest BCUT2D eigenvalue weighted by atomic mass is 9.92. The Morgan fingerprint density at radius 2 is 1.11 bits per heavy atom. The highest BCUT2D eigenvalue weighted by atomic mass is 16.5. The van der Waals surface area contributed by atoms with E-state index in [-0.39, 0.29) is 11.8 Å². The minimum absolute atomic E-state index is 0.286. The van der Waals surface area contributed by atoms with E-state index in [2.05, 4.69) is 30.9 Å². The summed E-state index contributed by atoms with van der Waals surface area (Å²) in [5.74, 6) is 0.811. The molecule has 0 saturated carbocycles. The fraction of sp³-hybridized carbons (Fsp3) is 0.415. The number of hydrogen-bond donors (Lipinski definition) is 0. The zero-order valence-corrected chi connectivity index (χ0v) is 28.0. The normalized spacial score (nSPS) is 12.6. The van der Waals surface area contributed by atoms with Gasteiger partial charge in [0, 0.05) is 40.7 Å². The third-order valence-corrected chi connectivity index (χ3v) is 9.14. The highest BCUT2D eigenvalue weighted by Crippen LogP contribution is 2.38. The summed E-state index contributed by atoms with van der Waals surface area (Å²) in [5, 5.41) is 1.77. The summed E-state index contributed by atoms with van der Waals surface area (Å²) in [5.41, 5.74) is 3.98. The number of benzene rings is 4. The summed E-state index contributed by atoms with van der Waals surface area (Å²) < 4.78 is 5.98. The Bertz CT molecular complexity index is 1550. The van der Waals surface area contributed by atoms with Gasteiger partial charge in [0.2, 0.25) is 0 Å². The van der Waals surface area contributed by atoms with Gasteiger partial charge in [-0.15, -0.1) is 0 Å². The average Bonchev–Trinajstić information content (AvgIpc) is 3.07. The Labute approximate surface area is 275 Å². The van der Waals surface area contributed by atoms with Crippen LogP contribution in [0.15, 0.2) is 78.9 Å². The molecule has 0 radical (unpaired) electrons. The molecule has 1 heterocycles. The number of unbranched alkanes of at least 4 members (excludes halogenated alkanes) is 10. The van der Waals surface area contributed by atoms with Crippen LogP contribution >= 0.6 is 0 Å². The molecule has 4 aromatic carbocycles. The first-order valence-electron chi connectivity index (χ1n) is 17.6. The van der Waals surface area contributed by atoms with Gasteiger partial charge in [0.15, 0.2) is 0 Å². The molecule has 242 valence electrons. The van der Waals surface area contributed by atoms with E-state index in [9.17, 15) is 9.59 Å². The second kappa shape index (κ2) is 16.4. The number of hydrogen-bond acceptors (Lipinski definition) is 4. The molecule has 5 rings (SSSR count). The van der Waals surface area contributed by atoms with Crippen molar-refractivity contribution in [3.8, 4) is 11.5 Å². The van der Waals surface area contributed by atoms with Crippen LogP contribution in [0.2, 0.25) is 0 Å². The third-order valence-electron chi connectivity index (χ3n) is 9.14. The number of amides is 2. The van der Waals surface area contributed by atoms with E-state index in [1.165, 1.54) is 69.1 Å².